The number of hydrogen-bond acceptors (Lipinski definition) is 4. The number of esters is 1. The highest BCUT2D eigenvalue weighted by Crippen LogP contribution is 2.19. The Morgan fingerprint density at radius 2 is 2.11 bits per heavy atom. The number of carbonyl (C=O) groups excluding carboxylic acids is 2. The fourth-order valence-corrected chi connectivity index (χ4v) is 1.93. The number of carbonyl (C=O) groups is 2. The minimum Gasteiger partial charge on any atom is -0.464 e. The average Bonchev–Trinajstić information content (AvgIpc) is 2.38. The molecule has 1 heterocycles. The maximum absolute atomic E-state index is 11.7. The third-order valence-corrected chi connectivity index (χ3v) is 3.13. The molecule has 94 valence electrons. The number of rotatable bonds is 2. The lowest BCUT2D eigenvalue weighted by Crippen LogP contribution is -2.43. The van der Waals surface area contributed by atoms with E-state index in [4.69, 9.17) is 0 Å². The molecule has 1 atom stereocenters. The quantitative estimate of drug-likeness (QED) is 0.836. The van der Waals surface area contributed by atoms with E-state index in [0.29, 0.717) is 6.54 Å². The summed E-state index contributed by atoms with van der Waals surface area (Å²) in [6.07, 6.45) is 0. The summed E-state index contributed by atoms with van der Waals surface area (Å²) >= 11 is 3.34. The minimum absolute atomic E-state index is 0.175. The maximum Gasteiger partial charge on any atom is 0.362 e. The summed E-state index contributed by atoms with van der Waals surface area (Å²) in [5, 5.41) is 2.73. The predicted octanol–water partition coefficient (Wildman–Crippen LogP) is 1.23. The second-order valence-electron chi connectivity index (χ2n) is 3.76. The van der Waals surface area contributed by atoms with Gasteiger partial charge in [0, 0.05) is 4.47 Å². The zero-order valence-corrected chi connectivity index (χ0v) is 11.2. The van der Waals surface area contributed by atoms with Gasteiger partial charge in [-0.2, -0.15) is 0 Å². The molecule has 1 N–H and O–H groups in total. The van der Waals surface area contributed by atoms with Gasteiger partial charge in [-0.3, -0.25) is 9.79 Å². The van der Waals surface area contributed by atoms with Gasteiger partial charge in [-0.25, -0.2) is 4.79 Å². The molecule has 0 saturated heterocycles. The van der Waals surface area contributed by atoms with Gasteiger partial charge in [0.25, 0.3) is 5.91 Å². The van der Waals surface area contributed by atoms with Gasteiger partial charge in [0.2, 0.25) is 5.71 Å². The van der Waals surface area contributed by atoms with E-state index in [-0.39, 0.29) is 11.8 Å². The van der Waals surface area contributed by atoms with Crippen molar-refractivity contribution in [3.63, 3.8) is 0 Å². The molecule has 1 aliphatic rings. The number of halogens is 1. The largest absolute Gasteiger partial charge is 0.464 e. The Bertz CT molecular complexity index is 511. The molecule has 0 fully saturated rings. The lowest BCUT2D eigenvalue weighted by Gasteiger charge is -2.21. The topological polar surface area (TPSA) is 67.8 Å². The summed E-state index contributed by atoms with van der Waals surface area (Å²) in [6.45, 7) is 0.331. The Balaban J connectivity index is 2.17. The first-order valence-electron chi connectivity index (χ1n) is 5.31. The van der Waals surface area contributed by atoms with Crippen LogP contribution < -0.4 is 5.32 Å². The normalized spacial score (nSPS) is 18.9. The molecule has 1 unspecified atom stereocenters. The Hall–Kier alpha value is -1.69. The van der Waals surface area contributed by atoms with E-state index in [1.165, 1.54) is 7.11 Å². The molecule has 2 rings (SSSR count). The molecular formula is C12H11BrN2O3. The van der Waals surface area contributed by atoms with Gasteiger partial charge in [0.1, 0.15) is 0 Å². The number of nitrogens with zero attached hydrogens (tertiary/aromatic N) is 1. The minimum atomic E-state index is -0.707. The van der Waals surface area contributed by atoms with Crippen molar-refractivity contribution >= 4 is 33.5 Å². The van der Waals surface area contributed by atoms with Gasteiger partial charge in [-0.05, 0) is 17.7 Å². The van der Waals surface area contributed by atoms with E-state index in [0.717, 1.165) is 10.0 Å². The molecule has 1 aromatic carbocycles. The highest BCUT2D eigenvalue weighted by Gasteiger charge is 2.28. The number of hydrogen-bond donors (Lipinski definition) is 1. The number of amides is 1. The van der Waals surface area contributed by atoms with Crippen LogP contribution in [0.3, 0.4) is 0 Å². The molecule has 0 saturated carbocycles. The van der Waals surface area contributed by atoms with Crippen molar-refractivity contribution in [2.24, 2.45) is 4.99 Å². The summed E-state index contributed by atoms with van der Waals surface area (Å²) in [5.41, 5.74) is 0.769. The molecule has 18 heavy (non-hydrogen) atoms. The van der Waals surface area contributed by atoms with Gasteiger partial charge >= 0.3 is 5.97 Å². The molecule has 0 aliphatic carbocycles. The monoisotopic (exact) mass is 310 g/mol. The van der Waals surface area contributed by atoms with Crippen molar-refractivity contribution in [1.82, 2.24) is 5.32 Å². The van der Waals surface area contributed by atoms with Crippen molar-refractivity contribution in [3.8, 4) is 0 Å². The summed E-state index contributed by atoms with van der Waals surface area (Å²) in [7, 11) is 1.22. The SMILES string of the molecule is COC(=O)C1=NCC(c2ccc(Br)cc2)NC1=O. The zero-order valence-electron chi connectivity index (χ0n) is 9.64. The highest BCUT2D eigenvalue weighted by molar-refractivity contribution is 9.10. The zero-order chi connectivity index (χ0) is 13.1. The van der Waals surface area contributed by atoms with Crippen molar-refractivity contribution < 1.29 is 14.3 Å². The van der Waals surface area contributed by atoms with Crippen LogP contribution in [0.2, 0.25) is 0 Å². The van der Waals surface area contributed by atoms with Gasteiger partial charge in [-0.1, -0.05) is 28.1 Å². The van der Waals surface area contributed by atoms with Gasteiger partial charge in [0.05, 0.1) is 19.7 Å². The second-order valence-corrected chi connectivity index (χ2v) is 4.67. The van der Waals surface area contributed by atoms with Crippen molar-refractivity contribution in [1.29, 1.82) is 0 Å². The third kappa shape index (κ3) is 2.59. The Morgan fingerprint density at radius 1 is 1.44 bits per heavy atom. The van der Waals surface area contributed by atoms with Gasteiger partial charge < -0.3 is 10.1 Å². The first-order valence-corrected chi connectivity index (χ1v) is 6.10. The third-order valence-electron chi connectivity index (χ3n) is 2.60. The van der Waals surface area contributed by atoms with E-state index >= 15 is 0 Å². The summed E-state index contributed by atoms with van der Waals surface area (Å²) in [4.78, 5) is 26.9. The van der Waals surface area contributed by atoms with Crippen LogP contribution in [0.1, 0.15) is 11.6 Å². The Kier molecular flexibility index (Phi) is 3.76. The summed E-state index contributed by atoms with van der Waals surface area (Å²) in [6, 6.07) is 7.36. The first kappa shape index (κ1) is 12.8. The summed E-state index contributed by atoms with van der Waals surface area (Å²) < 4.78 is 5.44. The van der Waals surface area contributed by atoms with Crippen LogP contribution in [0.4, 0.5) is 0 Å². The lowest BCUT2D eigenvalue weighted by molar-refractivity contribution is -0.133. The van der Waals surface area contributed by atoms with E-state index < -0.39 is 11.9 Å². The molecule has 6 heteroatoms. The van der Waals surface area contributed by atoms with Crippen molar-refractivity contribution in [2.45, 2.75) is 6.04 Å². The van der Waals surface area contributed by atoms with Crippen LogP contribution in [-0.2, 0) is 14.3 Å². The van der Waals surface area contributed by atoms with Crippen LogP contribution >= 0.6 is 15.9 Å². The standard InChI is InChI=1S/C12H11BrN2O3/c1-18-12(17)10-11(16)15-9(6-14-10)7-2-4-8(13)5-3-7/h2-5,9H,6H2,1H3,(H,15,16). The molecule has 1 aromatic rings. The molecular weight excluding hydrogens is 300 g/mol. The first-order chi connectivity index (χ1) is 8.61. The molecule has 0 bridgehead atoms. The van der Waals surface area contributed by atoms with Crippen LogP contribution in [0, 0.1) is 0 Å². The molecule has 0 spiro atoms. The molecule has 0 radical (unpaired) electrons. The predicted molar refractivity (Wildman–Crippen MR) is 69.3 cm³/mol. The van der Waals surface area contributed by atoms with E-state index in [1.54, 1.807) is 0 Å². The number of aliphatic imine (C=N–C) groups is 1. The van der Waals surface area contributed by atoms with Crippen LogP contribution in [-0.4, -0.2) is 31.2 Å². The Labute approximate surface area is 112 Å². The van der Waals surface area contributed by atoms with Gasteiger partial charge in [0.15, 0.2) is 0 Å². The fraction of sp³-hybridized carbons (Fsp3) is 0.250. The number of ether oxygens (including phenoxy) is 1. The molecule has 0 aromatic heterocycles. The number of benzene rings is 1. The van der Waals surface area contributed by atoms with Crippen molar-refractivity contribution in [3.05, 3.63) is 34.3 Å². The van der Waals surface area contributed by atoms with E-state index in [1.807, 2.05) is 24.3 Å². The number of nitrogens with one attached hydrogen (secondary N) is 1. The summed E-state index contributed by atoms with van der Waals surface area (Å²) in [5.74, 6) is -1.21. The fourth-order valence-electron chi connectivity index (χ4n) is 1.66. The lowest BCUT2D eigenvalue weighted by atomic mass is 10.1. The number of methoxy groups -OCH3 is 1. The van der Waals surface area contributed by atoms with Crippen molar-refractivity contribution in [2.75, 3.05) is 13.7 Å². The average molecular weight is 311 g/mol. The highest BCUT2D eigenvalue weighted by atomic mass is 79.9. The van der Waals surface area contributed by atoms with Crippen LogP contribution in [0.15, 0.2) is 33.7 Å². The molecule has 1 aliphatic heterocycles. The Morgan fingerprint density at radius 3 is 2.67 bits per heavy atom. The van der Waals surface area contributed by atoms with Crippen LogP contribution in [0.25, 0.3) is 0 Å². The molecule has 5 nitrogen and oxygen atoms in total. The van der Waals surface area contributed by atoms with E-state index in [9.17, 15) is 9.59 Å². The second kappa shape index (κ2) is 5.30. The van der Waals surface area contributed by atoms with Gasteiger partial charge in [-0.15, -0.1) is 0 Å². The molecule has 1 amide bonds. The van der Waals surface area contributed by atoms with E-state index in [2.05, 4.69) is 31.0 Å². The van der Waals surface area contributed by atoms with Crippen LogP contribution in [0.5, 0.6) is 0 Å². The maximum atomic E-state index is 11.7. The smallest absolute Gasteiger partial charge is 0.362 e.